The maximum atomic E-state index is 13.2. The predicted octanol–water partition coefficient (Wildman–Crippen LogP) is 4.77. The molecule has 0 saturated heterocycles. The molecule has 0 unspecified atom stereocenters. The molecule has 2 aromatic carbocycles. The number of benzene rings is 2. The molecule has 0 heterocycles. The lowest BCUT2D eigenvalue weighted by atomic mass is 10.0. The molecule has 0 aliphatic heterocycles. The van der Waals surface area contributed by atoms with Crippen molar-refractivity contribution < 1.29 is 28.6 Å². The summed E-state index contributed by atoms with van der Waals surface area (Å²) in [7, 11) is 1.63. The van der Waals surface area contributed by atoms with Gasteiger partial charge in [-0.2, -0.15) is 0 Å². The summed E-state index contributed by atoms with van der Waals surface area (Å²) < 4.78 is 15.9. The zero-order valence-electron chi connectivity index (χ0n) is 23.9. The van der Waals surface area contributed by atoms with Crippen LogP contribution in [0, 0.1) is 5.92 Å². The molecular weight excluding hydrogens is 508 g/mol. The highest BCUT2D eigenvalue weighted by Crippen LogP contribution is 2.28. The fourth-order valence-electron chi connectivity index (χ4n) is 4.95. The average Bonchev–Trinajstić information content (AvgIpc) is 3.49. The van der Waals surface area contributed by atoms with E-state index in [0.717, 1.165) is 23.3 Å². The molecule has 3 rings (SSSR count). The Morgan fingerprint density at radius 2 is 1.60 bits per heavy atom. The molecule has 1 atom stereocenters. The van der Waals surface area contributed by atoms with E-state index in [2.05, 4.69) is 10.6 Å². The standard InChI is InChI=1S/C32H44N2O6/c1-3-39-31(36)9-6-22-40-28-17-12-26(13-18-28)23-29(34-30(35)19-14-24-7-4-5-8-24)32(37)33-21-20-25-10-15-27(38-2)16-11-25/h10-13,15-18,24,29H,3-9,14,19-23H2,1-2H3,(H,33,37)(H,34,35)/t29-/m0/s1. The van der Waals surface area contributed by atoms with Crippen LogP contribution in [0.1, 0.15) is 69.4 Å². The van der Waals surface area contributed by atoms with E-state index in [4.69, 9.17) is 14.2 Å². The zero-order chi connectivity index (χ0) is 28.6. The normalized spacial score (nSPS) is 13.8. The summed E-state index contributed by atoms with van der Waals surface area (Å²) in [6.07, 6.45) is 8.16. The van der Waals surface area contributed by atoms with Gasteiger partial charge in [0.1, 0.15) is 17.5 Å². The number of methoxy groups -OCH3 is 1. The van der Waals surface area contributed by atoms with E-state index in [9.17, 15) is 14.4 Å². The van der Waals surface area contributed by atoms with E-state index in [0.29, 0.717) is 63.5 Å². The number of hydrogen-bond donors (Lipinski definition) is 2. The smallest absolute Gasteiger partial charge is 0.305 e. The molecule has 2 N–H and O–H groups in total. The van der Waals surface area contributed by atoms with E-state index in [1.54, 1.807) is 14.0 Å². The number of carbonyl (C=O) groups is 3. The van der Waals surface area contributed by atoms with Crippen molar-refractivity contribution in [3.8, 4) is 11.5 Å². The fourth-order valence-corrected chi connectivity index (χ4v) is 4.95. The van der Waals surface area contributed by atoms with Crippen LogP contribution in [0.5, 0.6) is 11.5 Å². The van der Waals surface area contributed by atoms with E-state index < -0.39 is 6.04 Å². The molecule has 2 aromatic rings. The number of carbonyl (C=O) groups excluding carboxylic acids is 3. The number of amides is 2. The molecule has 1 aliphatic carbocycles. The molecule has 0 spiro atoms. The molecule has 1 saturated carbocycles. The van der Waals surface area contributed by atoms with Gasteiger partial charge in [0.05, 0.1) is 20.3 Å². The Bertz CT molecular complexity index is 1050. The Kier molecular flexibility index (Phi) is 13.3. The van der Waals surface area contributed by atoms with Gasteiger partial charge in [0, 0.05) is 25.8 Å². The Morgan fingerprint density at radius 1 is 0.925 bits per heavy atom. The van der Waals surface area contributed by atoms with Crippen LogP contribution in [0.25, 0.3) is 0 Å². The van der Waals surface area contributed by atoms with Gasteiger partial charge in [0.25, 0.3) is 0 Å². The summed E-state index contributed by atoms with van der Waals surface area (Å²) >= 11 is 0. The van der Waals surface area contributed by atoms with Crippen LogP contribution in [-0.4, -0.2) is 50.7 Å². The fraction of sp³-hybridized carbons (Fsp3) is 0.531. The van der Waals surface area contributed by atoms with Gasteiger partial charge in [-0.05, 0) is 67.5 Å². The first-order chi connectivity index (χ1) is 19.5. The number of ether oxygens (including phenoxy) is 3. The molecule has 8 nitrogen and oxygen atoms in total. The lowest BCUT2D eigenvalue weighted by Crippen LogP contribution is -2.48. The summed E-state index contributed by atoms with van der Waals surface area (Å²) in [4.78, 5) is 37.4. The van der Waals surface area contributed by atoms with Crippen LogP contribution in [0.3, 0.4) is 0 Å². The van der Waals surface area contributed by atoms with Crippen molar-refractivity contribution in [1.29, 1.82) is 0 Å². The maximum Gasteiger partial charge on any atom is 0.305 e. The molecule has 0 radical (unpaired) electrons. The Balaban J connectivity index is 1.52. The van der Waals surface area contributed by atoms with Crippen molar-refractivity contribution in [2.24, 2.45) is 5.92 Å². The number of nitrogens with one attached hydrogen (secondary N) is 2. The van der Waals surface area contributed by atoms with Crippen LogP contribution >= 0.6 is 0 Å². The number of esters is 1. The Labute approximate surface area is 238 Å². The average molecular weight is 553 g/mol. The third kappa shape index (κ3) is 11.3. The van der Waals surface area contributed by atoms with Gasteiger partial charge >= 0.3 is 5.97 Å². The highest BCUT2D eigenvalue weighted by molar-refractivity contribution is 5.87. The van der Waals surface area contributed by atoms with Gasteiger partial charge in [-0.15, -0.1) is 0 Å². The molecule has 0 bridgehead atoms. The minimum atomic E-state index is -0.664. The number of hydrogen-bond acceptors (Lipinski definition) is 6. The van der Waals surface area contributed by atoms with Crippen LogP contribution < -0.4 is 20.1 Å². The number of rotatable bonds is 17. The van der Waals surface area contributed by atoms with Crippen LogP contribution in [0.4, 0.5) is 0 Å². The molecule has 0 aromatic heterocycles. The van der Waals surface area contributed by atoms with E-state index >= 15 is 0 Å². The molecule has 40 heavy (non-hydrogen) atoms. The quantitative estimate of drug-likeness (QED) is 0.216. The lowest BCUT2D eigenvalue weighted by molar-refractivity contribution is -0.143. The maximum absolute atomic E-state index is 13.2. The van der Waals surface area contributed by atoms with Crippen LogP contribution in [0.15, 0.2) is 48.5 Å². The minimum Gasteiger partial charge on any atom is -0.497 e. The van der Waals surface area contributed by atoms with Crippen molar-refractivity contribution >= 4 is 17.8 Å². The zero-order valence-corrected chi connectivity index (χ0v) is 23.9. The van der Waals surface area contributed by atoms with E-state index in [-0.39, 0.29) is 17.8 Å². The largest absolute Gasteiger partial charge is 0.497 e. The third-order valence-corrected chi connectivity index (χ3v) is 7.24. The van der Waals surface area contributed by atoms with Crippen molar-refractivity contribution in [2.75, 3.05) is 26.9 Å². The van der Waals surface area contributed by atoms with Gasteiger partial charge in [-0.1, -0.05) is 49.9 Å². The first-order valence-corrected chi connectivity index (χ1v) is 14.5. The molecule has 218 valence electrons. The van der Waals surface area contributed by atoms with E-state index in [1.165, 1.54) is 25.7 Å². The van der Waals surface area contributed by atoms with Gasteiger partial charge in [0.2, 0.25) is 11.8 Å². The van der Waals surface area contributed by atoms with Gasteiger partial charge in [-0.25, -0.2) is 0 Å². The SMILES string of the molecule is CCOC(=O)CCCOc1ccc(C[C@H](NC(=O)CCC2CCCC2)C(=O)NCCc2ccc(OC)cc2)cc1. The van der Waals surface area contributed by atoms with Crippen molar-refractivity contribution in [3.05, 3.63) is 59.7 Å². The summed E-state index contributed by atoms with van der Waals surface area (Å²) in [5.41, 5.74) is 2.02. The molecule has 8 heteroatoms. The van der Waals surface area contributed by atoms with Crippen molar-refractivity contribution in [3.63, 3.8) is 0 Å². The summed E-state index contributed by atoms with van der Waals surface area (Å²) in [5, 5.41) is 5.99. The molecular formula is C32H44N2O6. The lowest BCUT2D eigenvalue weighted by Gasteiger charge is -2.20. The first-order valence-electron chi connectivity index (χ1n) is 14.5. The van der Waals surface area contributed by atoms with Crippen LogP contribution in [0.2, 0.25) is 0 Å². The predicted molar refractivity (Wildman–Crippen MR) is 154 cm³/mol. The topological polar surface area (TPSA) is 103 Å². The summed E-state index contributed by atoms with van der Waals surface area (Å²) in [5.74, 6) is 1.60. The molecule has 1 fully saturated rings. The summed E-state index contributed by atoms with van der Waals surface area (Å²) in [6, 6.07) is 14.6. The Morgan fingerprint density at radius 3 is 2.27 bits per heavy atom. The van der Waals surface area contributed by atoms with Gasteiger partial charge < -0.3 is 24.8 Å². The monoisotopic (exact) mass is 552 g/mol. The third-order valence-electron chi connectivity index (χ3n) is 7.24. The second kappa shape index (κ2) is 17.2. The summed E-state index contributed by atoms with van der Waals surface area (Å²) in [6.45, 7) is 3.05. The second-order valence-corrected chi connectivity index (χ2v) is 10.3. The van der Waals surface area contributed by atoms with E-state index in [1.807, 2.05) is 48.5 Å². The Hall–Kier alpha value is -3.55. The van der Waals surface area contributed by atoms with Crippen molar-refractivity contribution in [1.82, 2.24) is 10.6 Å². The highest BCUT2D eigenvalue weighted by atomic mass is 16.5. The first kappa shape index (κ1) is 31.0. The molecule has 1 aliphatic rings. The van der Waals surface area contributed by atoms with Gasteiger partial charge in [0.15, 0.2) is 0 Å². The van der Waals surface area contributed by atoms with Crippen molar-refractivity contribution in [2.45, 2.75) is 77.2 Å². The minimum absolute atomic E-state index is 0.0799. The van der Waals surface area contributed by atoms with Crippen LogP contribution in [-0.2, 0) is 32.0 Å². The van der Waals surface area contributed by atoms with Gasteiger partial charge in [-0.3, -0.25) is 14.4 Å². The molecule has 2 amide bonds. The second-order valence-electron chi connectivity index (χ2n) is 10.3. The highest BCUT2D eigenvalue weighted by Gasteiger charge is 2.22.